The SMILES string of the molecule is Cc1cccc(C(=O)Nc2cncc(C(=O)O)c2)c1. The maximum Gasteiger partial charge on any atom is 0.337 e. The molecule has 2 rings (SSSR count). The average Bonchev–Trinajstić information content (AvgIpc) is 2.39. The zero-order valence-electron chi connectivity index (χ0n) is 10.3. The number of amides is 1. The van der Waals surface area contributed by atoms with Crippen molar-refractivity contribution >= 4 is 17.6 Å². The van der Waals surface area contributed by atoms with E-state index in [0.29, 0.717) is 11.3 Å². The topological polar surface area (TPSA) is 79.3 Å². The van der Waals surface area contributed by atoms with Crippen molar-refractivity contribution in [3.8, 4) is 0 Å². The Labute approximate surface area is 109 Å². The summed E-state index contributed by atoms with van der Waals surface area (Å²) >= 11 is 0. The number of rotatable bonds is 3. The van der Waals surface area contributed by atoms with Crippen molar-refractivity contribution < 1.29 is 14.7 Å². The molecule has 2 N–H and O–H groups in total. The number of aromatic carboxylic acids is 1. The molecular formula is C14H12N2O3. The van der Waals surface area contributed by atoms with Gasteiger partial charge in [-0.2, -0.15) is 0 Å². The van der Waals surface area contributed by atoms with Crippen molar-refractivity contribution in [2.75, 3.05) is 5.32 Å². The standard InChI is InChI=1S/C14H12N2O3/c1-9-3-2-4-10(5-9)13(17)16-12-6-11(14(18)19)7-15-8-12/h2-8H,1H3,(H,16,17)(H,18,19). The van der Waals surface area contributed by atoms with E-state index in [1.165, 1.54) is 18.5 Å². The first-order chi connectivity index (χ1) is 9.06. The lowest BCUT2D eigenvalue weighted by Gasteiger charge is -2.06. The maximum atomic E-state index is 12.0. The fourth-order valence-corrected chi connectivity index (χ4v) is 1.61. The average molecular weight is 256 g/mol. The van der Waals surface area contributed by atoms with Gasteiger partial charge in [0.15, 0.2) is 0 Å². The molecule has 0 bridgehead atoms. The van der Waals surface area contributed by atoms with Gasteiger partial charge in [-0.25, -0.2) is 4.79 Å². The second-order valence-electron chi connectivity index (χ2n) is 4.09. The molecule has 0 aliphatic heterocycles. The van der Waals surface area contributed by atoms with Gasteiger partial charge in [-0.05, 0) is 25.1 Å². The minimum absolute atomic E-state index is 0.0297. The van der Waals surface area contributed by atoms with Crippen molar-refractivity contribution in [3.63, 3.8) is 0 Å². The van der Waals surface area contributed by atoms with Crippen LogP contribution < -0.4 is 5.32 Å². The minimum atomic E-state index is -1.08. The van der Waals surface area contributed by atoms with Crippen molar-refractivity contribution in [1.82, 2.24) is 4.98 Å². The van der Waals surface area contributed by atoms with E-state index < -0.39 is 5.97 Å². The number of carbonyl (C=O) groups excluding carboxylic acids is 1. The van der Waals surface area contributed by atoms with Gasteiger partial charge in [-0.1, -0.05) is 17.7 Å². The number of carboxylic acid groups (broad SMARTS) is 1. The summed E-state index contributed by atoms with van der Waals surface area (Å²) in [6, 6.07) is 8.49. The summed E-state index contributed by atoms with van der Waals surface area (Å²) in [6.07, 6.45) is 2.63. The first-order valence-corrected chi connectivity index (χ1v) is 5.62. The Hall–Kier alpha value is -2.69. The molecule has 1 aromatic heterocycles. The molecule has 96 valence electrons. The third-order valence-electron chi connectivity index (χ3n) is 2.52. The van der Waals surface area contributed by atoms with Gasteiger partial charge in [-0.15, -0.1) is 0 Å². The van der Waals surface area contributed by atoms with E-state index in [-0.39, 0.29) is 11.5 Å². The molecular weight excluding hydrogens is 244 g/mol. The third kappa shape index (κ3) is 3.16. The van der Waals surface area contributed by atoms with Crippen LogP contribution in [-0.2, 0) is 0 Å². The number of nitrogens with one attached hydrogen (secondary N) is 1. The summed E-state index contributed by atoms with van der Waals surface area (Å²) in [5.74, 6) is -1.38. The minimum Gasteiger partial charge on any atom is -0.478 e. The lowest BCUT2D eigenvalue weighted by atomic mass is 10.1. The van der Waals surface area contributed by atoms with Gasteiger partial charge in [0.1, 0.15) is 0 Å². The quantitative estimate of drug-likeness (QED) is 0.883. The molecule has 0 saturated heterocycles. The number of anilines is 1. The van der Waals surface area contributed by atoms with E-state index in [2.05, 4.69) is 10.3 Å². The monoisotopic (exact) mass is 256 g/mol. The summed E-state index contributed by atoms with van der Waals surface area (Å²) in [7, 11) is 0. The fourth-order valence-electron chi connectivity index (χ4n) is 1.61. The predicted molar refractivity (Wildman–Crippen MR) is 70.3 cm³/mol. The van der Waals surface area contributed by atoms with Crippen LogP contribution in [0.1, 0.15) is 26.3 Å². The summed E-state index contributed by atoms with van der Waals surface area (Å²) in [5.41, 5.74) is 1.87. The molecule has 5 heteroatoms. The molecule has 1 amide bonds. The second-order valence-corrected chi connectivity index (χ2v) is 4.09. The van der Waals surface area contributed by atoms with Gasteiger partial charge in [0.05, 0.1) is 17.4 Å². The molecule has 5 nitrogen and oxygen atoms in total. The number of aryl methyl sites for hydroxylation is 1. The molecule has 1 aromatic carbocycles. The normalized spacial score (nSPS) is 9.95. The molecule has 0 aliphatic rings. The maximum absolute atomic E-state index is 12.0. The Bertz CT molecular complexity index is 638. The highest BCUT2D eigenvalue weighted by atomic mass is 16.4. The number of pyridine rings is 1. The molecule has 0 fully saturated rings. The first-order valence-electron chi connectivity index (χ1n) is 5.62. The Balaban J connectivity index is 2.19. The van der Waals surface area contributed by atoms with Crippen molar-refractivity contribution in [3.05, 3.63) is 59.4 Å². The zero-order valence-corrected chi connectivity index (χ0v) is 10.3. The van der Waals surface area contributed by atoms with Crippen LogP contribution in [0.4, 0.5) is 5.69 Å². The van der Waals surface area contributed by atoms with Crippen LogP contribution in [0.2, 0.25) is 0 Å². The lowest BCUT2D eigenvalue weighted by molar-refractivity contribution is 0.0696. The second kappa shape index (κ2) is 5.30. The first kappa shape index (κ1) is 12.8. The smallest absolute Gasteiger partial charge is 0.337 e. The van der Waals surface area contributed by atoms with Crippen molar-refractivity contribution in [2.24, 2.45) is 0 Å². The zero-order chi connectivity index (χ0) is 13.8. The van der Waals surface area contributed by atoms with Gasteiger partial charge in [0.25, 0.3) is 5.91 Å². The van der Waals surface area contributed by atoms with E-state index in [4.69, 9.17) is 5.11 Å². The van der Waals surface area contributed by atoms with Crippen molar-refractivity contribution in [2.45, 2.75) is 6.92 Å². The third-order valence-corrected chi connectivity index (χ3v) is 2.52. The summed E-state index contributed by atoms with van der Waals surface area (Å²) in [6.45, 7) is 1.89. The number of aromatic nitrogens is 1. The summed E-state index contributed by atoms with van der Waals surface area (Å²) in [4.78, 5) is 26.5. The molecule has 0 unspecified atom stereocenters. The van der Waals surface area contributed by atoms with Gasteiger partial charge < -0.3 is 10.4 Å². The van der Waals surface area contributed by atoms with Crippen LogP contribution in [0.3, 0.4) is 0 Å². The van der Waals surface area contributed by atoms with Gasteiger partial charge >= 0.3 is 5.97 Å². The van der Waals surface area contributed by atoms with Gasteiger partial charge in [-0.3, -0.25) is 9.78 Å². The Morgan fingerprint density at radius 1 is 1.16 bits per heavy atom. The molecule has 0 aliphatic carbocycles. The number of benzene rings is 1. The van der Waals surface area contributed by atoms with Crippen LogP contribution in [0.25, 0.3) is 0 Å². The van der Waals surface area contributed by atoms with E-state index in [0.717, 1.165) is 5.56 Å². The highest BCUT2D eigenvalue weighted by Crippen LogP contribution is 2.11. The van der Waals surface area contributed by atoms with Crippen LogP contribution in [0.5, 0.6) is 0 Å². The Kier molecular flexibility index (Phi) is 3.56. The van der Waals surface area contributed by atoms with E-state index in [1.54, 1.807) is 18.2 Å². The van der Waals surface area contributed by atoms with E-state index >= 15 is 0 Å². The van der Waals surface area contributed by atoms with Crippen molar-refractivity contribution in [1.29, 1.82) is 0 Å². The van der Waals surface area contributed by atoms with E-state index in [9.17, 15) is 9.59 Å². The predicted octanol–water partition coefficient (Wildman–Crippen LogP) is 2.34. The molecule has 1 heterocycles. The fraction of sp³-hybridized carbons (Fsp3) is 0.0714. The molecule has 0 spiro atoms. The molecule has 19 heavy (non-hydrogen) atoms. The number of hydrogen-bond acceptors (Lipinski definition) is 3. The summed E-state index contributed by atoms with van der Waals surface area (Å²) in [5, 5.41) is 11.5. The molecule has 0 atom stereocenters. The van der Waals surface area contributed by atoms with Gasteiger partial charge in [0.2, 0.25) is 0 Å². The highest BCUT2D eigenvalue weighted by Gasteiger charge is 2.08. The number of hydrogen-bond donors (Lipinski definition) is 2. The van der Waals surface area contributed by atoms with Gasteiger partial charge in [0, 0.05) is 11.8 Å². The van der Waals surface area contributed by atoms with Crippen LogP contribution in [-0.4, -0.2) is 22.0 Å². The number of carboxylic acids is 1. The molecule has 2 aromatic rings. The number of carbonyl (C=O) groups is 2. The largest absolute Gasteiger partial charge is 0.478 e. The Morgan fingerprint density at radius 3 is 2.63 bits per heavy atom. The van der Waals surface area contributed by atoms with Crippen LogP contribution >= 0.6 is 0 Å². The van der Waals surface area contributed by atoms with Crippen LogP contribution in [0, 0.1) is 6.92 Å². The lowest BCUT2D eigenvalue weighted by Crippen LogP contribution is -2.12. The molecule has 0 saturated carbocycles. The Morgan fingerprint density at radius 2 is 1.95 bits per heavy atom. The highest BCUT2D eigenvalue weighted by molar-refractivity contribution is 6.04. The number of nitrogens with zero attached hydrogens (tertiary/aromatic N) is 1. The summed E-state index contributed by atoms with van der Waals surface area (Å²) < 4.78 is 0. The van der Waals surface area contributed by atoms with Crippen LogP contribution in [0.15, 0.2) is 42.7 Å². The van der Waals surface area contributed by atoms with E-state index in [1.807, 2.05) is 13.0 Å². The molecule has 0 radical (unpaired) electrons.